The molecule has 0 unspecified atom stereocenters. The van der Waals surface area contributed by atoms with Gasteiger partial charge in [0, 0.05) is 12.8 Å². The van der Waals surface area contributed by atoms with E-state index in [4.69, 9.17) is 19.3 Å². The molecule has 0 saturated heterocycles. The molecule has 11 nitrogen and oxygen atoms in total. The third-order valence-electron chi connectivity index (χ3n) is 6.17. The molecule has 0 aliphatic rings. The molecule has 0 saturated carbocycles. The summed E-state index contributed by atoms with van der Waals surface area (Å²) < 4.78 is 15.8. The molecule has 0 bridgehead atoms. The zero-order chi connectivity index (χ0) is 30.9. The lowest BCUT2D eigenvalue weighted by atomic mass is 10.1. The van der Waals surface area contributed by atoms with Crippen LogP contribution in [0, 0.1) is 0 Å². The van der Waals surface area contributed by atoms with Gasteiger partial charge in [0.15, 0.2) is 0 Å². The molecule has 0 spiro atoms. The van der Waals surface area contributed by atoms with E-state index in [0.717, 1.165) is 11.1 Å². The molecular weight excluding hydrogens is 556 g/mol. The lowest BCUT2D eigenvalue weighted by molar-refractivity contribution is -0.150. The largest absolute Gasteiger partial charge is 0.481 e. The standard InChI is InChI=1S/C32H34N2O9/c35-28(36)18-16-27(31(39)42-21-24-12-6-2-7-13-24)33-30(38)26(34-32(40)43-22-25-14-8-3-9-15-25)17-19-29(37)41-20-23-10-4-1-5-11-23/h1-15,26-27H,16-22H2,(H,33,38)(H,34,40)(H,35,36)/t26-,27-/m1/s1. The van der Waals surface area contributed by atoms with Gasteiger partial charge in [0.1, 0.15) is 31.9 Å². The third-order valence-corrected chi connectivity index (χ3v) is 6.17. The van der Waals surface area contributed by atoms with Crippen molar-refractivity contribution < 1.29 is 43.3 Å². The quantitative estimate of drug-likeness (QED) is 0.166. The number of esters is 2. The Morgan fingerprint density at radius 2 is 1.05 bits per heavy atom. The fourth-order valence-electron chi connectivity index (χ4n) is 3.87. The summed E-state index contributed by atoms with van der Waals surface area (Å²) in [5.41, 5.74) is 2.20. The molecule has 0 fully saturated rings. The van der Waals surface area contributed by atoms with Crippen molar-refractivity contribution in [3.05, 3.63) is 108 Å². The lowest BCUT2D eigenvalue weighted by Gasteiger charge is -2.22. The first-order valence-electron chi connectivity index (χ1n) is 13.7. The molecule has 0 aliphatic heterocycles. The predicted molar refractivity (Wildman–Crippen MR) is 154 cm³/mol. The van der Waals surface area contributed by atoms with Gasteiger partial charge in [0.25, 0.3) is 0 Å². The summed E-state index contributed by atoms with van der Waals surface area (Å²) in [5.74, 6) is -3.44. The van der Waals surface area contributed by atoms with Gasteiger partial charge in [-0.05, 0) is 29.5 Å². The number of benzene rings is 3. The number of carboxylic acid groups (broad SMARTS) is 1. The normalized spacial score (nSPS) is 11.8. The Labute approximate surface area is 249 Å². The van der Waals surface area contributed by atoms with E-state index in [-0.39, 0.29) is 39.1 Å². The Kier molecular flexibility index (Phi) is 13.2. The van der Waals surface area contributed by atoms with Crippen LogP contribution in [0.4, 0.5) is 4.79 Å². The van der Waals surface area contributed by atoms with Gasteiger partial charge < -0.3 is 30.0 Å². The SMILES string of the molecule is O=C(O)CC[C@@H](NC(=O)[C@@H](CCC(=O)OCc1ccccc1)NC(=O)OCc1ccccc1)C(=O)OCc1ccccc1. The summed E-state index contributed by atoms with van der Waals surface area (Å²) in [6, 6.07) is 24.1. The first-order valence-corrected chi connectivity index (χ1v) is 13.7. The van der Waals surface area contributed by atoms with Crippen LogP contribution in [0.5, 0.6) is 0 Å². The average Bonchev–Trinajstić information content (AvgIpc) is 3.03. The summed E-state index contributed by atoms with van der Waals surface area (Å²) in [6.45, 7) is -0.110. The second kappa shape index (κ2) is 17.6. The van der Waals surface area contributed by atoms with Crippen molar-refractivity contribution in [3.63, 3.8) is 0 Å². The third kappa shape index (κ3) is 12.5. The minimum Gasteiger partial charge on any atom is -0.481 e. The van der Waals surface area contributed by atoms with Crippen LogP contribution in [0.2, 0.25) is 0 Å². The Morgan fingerprint density at radius 3 is 1.56 bits per heavy atom. The van der Waals surface area contributed by atoms with Crippen molar-refractivity contribution >= 4 is 29.9 Å². The van der Waals surface area contributed by atoms with Crippen LogP contribution in [0.1, 0.15) is 42.4 Å². The van der Waals surface area contributed by atoms with Crippen LogP contribution >= 0.6 is 0 Å². The summed E-state index contributed by atoms with van der Waals surface area (Å²) in [5, 5.41) is 14.1. The van der Waals surface area contributed by atoms with Gasteiger partial charge >= 0.3 is 24.0 Å². The maximum absolute atomic E-state index is 13.3. The summed E-state index contributed by atoms with van der Waals surface area (Å²) in [4.78, 5) is 62.4. The monoisotopic (exact) mass is 590 g/mol. The zero-order valence-corrected chi connectivity index (χ0v) is 23.5. The highest BCUT2D eigenvalue weighted by Gasteiger charge is 2.29. The second-order valence-corrected chi connectivity index (χ2v) is 9.53. The Balaban J connectivity index is 1.64. The Morgan fingerprint density at radius 1 is 0.581 bits per heavy atom. The molecule has 0 radical (unpaired) electrons. The first-order chi connectivity index (χ1) is 20.8. The van der Waals surface area contributed by atoms with Crippen molar-refractivity contribution in [3.8, 4) is 0 Å². The molecule has 0 heterocycles. The molecule has 0 aromatic heterocycles. The van der Waals surface area contributed by atoms with E-state index in [1.165, 1.54) is 0 Å². The van der Waals surface area contributed by atoms with Crippen molar-refractivity contribution in [1.29, 1.82) is 0 Å². The molecule has 3 N–H and O–H groups in total. The Hall–Kier alpha value is -5.19. The highest BCUT2D eigenvalue weighted by molar-refractivity contribution is 5.90. The number of aliphatic carboxylic acids is 1. The van der Waals surface area contributed by atoms with E-state index in [2.05, 4.69) is 10.6 Å². The molecule has 3 rings (SSSR count). The first kappa shape index (κ1) is 32.3. The van der Waals surface area contributed by atoms with Crippen molar-refractivity contribution in [1.82, 2.24) is 10.6 Å². The molecule has 3 aromatic rings. The number of alkyl carbamates (subject to hydrolysis) is 1. The number of amides is 2. The van der Waals surface area contributed by atoms with Crippen molar-refractivity contribution in [2.24, 2.45) is 0 Å². The van der Waals surface area contributed by atoms with Gasteiger partial charge in [-0.15, -0.1) is 0 Å². The van der Waals surface area contributed by atoms with E-state index in [1.54, 1.807) is 78.9 Å². The maximum Gasteiger partial charge on any atom is 0.408 e. The fraction of sp³-hybridized carbons (Fsp3) is 0.281. The van der Waals surface area contributed by atoms with Crippen LogP contribution < -0.4 is 10.6 Å². The molecule has 43 heavy (non-hydrogen) atoms. The highest BCUT2D eigenvalue weighted by atomic mass is 16.6. The molecule has 3 aromatic carbocycles. The number of hydrogen-bond acceptors (Lipinski definition) is 8. The van der Waals surface area contributed by atoms with Crippen LogP contribution in [0.15, 0.2) is 91.0 Å². The predicted octanol–water partition coefficient (Wildman–Crippen LogP) is 3.90. The number of carbonyl (C=O) groups is 5. The summed E-state index contributed by atoms with van der Waals surface area (Å²) >= 11 is 0. The fourth-order valence-corrected chi connectivity index (χ4v) is 3.87. The number of carbonyl (C=O) groups excluding carboxylic acids is 4. The van der Waals surface area contributed by atoms with Gasteiger partial charge in [0.2, 0.25) is 5.91 Å². The average molecular weight is 591 g/mol. The summed E-state index contributed by atoms with van der Waals surface area (Å²) in [6.07, 6.45) is -2.00. The van der Waals surface area contributed by atoms with Gasteiger partial charge in [-0.1, -0.05) is 91.0 Å². The summed E-state index contributed by atoms with van der Waals surface area (Å²) in [7, 11) is 0. The van der Waals surface area contributed by atoms with E-state index >= 15 is 0 Å². The molecule has 226 valence electrons. The van der Waals surface area contributed by atoms with Crippen LogP contribution in [0.25, 0.3) is 0 Å². The van der Waals surface area contributed by atoms with E-state index in [9.17, 15) is 24.0 Å². The minimum atomic E-state index is -1.32. The molecular formula is C32H34N2O9. The van der Waals surface area contributed by atoms with Gasteiger partial charge in [0.05, 0.1) is 0 Å². The number of rotatable bonds is 16. The van der Waals surface area contributed by atoms with E-state index < -0.39 is 48.4 Å². The van der Waals surface area contributed by atoms with Gasteiger partial charge in [-0.3, -0.25) is 14.4 Å². The van der Waals surface area contributed by atoms with Gasteiger partial charge in [-0.2, -0.15) is 0 Å². The second-order valence-electron chi connectivity index (χ2n) is 9.53. The van der Waals surface area contributed by atoms with E-state index in [0.29, 0.717) is 5.56 Å². The Bertz CT molecular complexity index is 1330. The number of nitrogens with one attached hydrogen (secondary N) is 2. The van der Waals surface area contributed by atoms with Crippen molar-refractivity contribution in [2.45, 2.75) is 57.6 Å². The lowest BCUT2D eigenvalue weighted by Crippen LogP contribution is -2.52. The molecule has 0 aliphatic carbocycles. The number of carboxylic acids is 1. The topological polar surface area (TPSA) is 157 Å². The maximum atomic E-state index is 13.3. The van der Waals surface area contributed by atoms with Crippen LogP contribution in [-0.4, -0.2) is 47.1 Å². The molecule has 2 atom stereocenters. The van der Waals surface area contributed by atoms with E-state index in [1.807, 2.05) is 12.1 Å². The van der Waals surface area contributed by atoms with Crippen LogP contribution in [-0.2, 0) is 53.2 Å². The van der Waals surface area contributed by atoms with Crippen molar-refractivity contribution in [2.75, 3.05) is 0 Å². The highest BCUT2D eigenvalue weighted by Crippen LogP contribution is 2.09. The smallest absolute Gasteiger partial charge is 0.408 e. The number of hydrogen-bond donors (Lipinski definition) is 3. The molecule has 11 heteroatoms. The zero-order valence-electron chi connectivity index (χ0n) is 23.5. The van der Waals surface area contributed by atoms with Crippen LogP contribution in [0.3, 0.4) is 0 Å². The molecule has 2 amide bonds. The van der Waals surface area contributed by atoms with Gasteiger partial charge in [-0.25, -0.2) is 9.59 Å². The minimum absolute atomic E-state index is 0.0353. The number of ether oxygens (including phenoxy) is 3.